The first-order valence-corrected chi connectivity index (χ1v) is 5.24. The second-order valence-electron chi connectivity index (χ2n) is 1.39. The van der Waals surface area contributed by atoms with Crippen molar-refractivity contribution in [1.82, 2.24) is 0 Å². The highest BCUT2D eigenvalue weighted by Crippen LogP contribution is 2.43. The fourth-order valence-electron chi connectivity index (χ4n) is 0.219. The molecule has 0 spiro atoms. The van der Waals surface area contributed by atoms with Crippen LogP contribution < -0.4 is 14.7 Å². The molecular formula is CH3O6P2-3. The standard InChI is InChI=1S/CH6O6P2/c2-8(3,4)1-9(5,6)7/h1H2,(H2,2,3,4)(H2,5,6,7)/p-3. The fraction of sp³-hybridized carbons (Fsp3) is 1.00. The molecule has 56 valence electrons. The summed E-state index contributed by atoms with van der Waals surface area (Å²) in [5, 5.41) is 0. The van der Waals surface area contributed by atoms with E-state index in [-0.39, 0.29) is 0 Å². The molecule has 0 aliphatic heterocycles. The van der Waals surface area contributed by atoms with Crippen LogP contribution in [0.1, 0.15) is 0 Å². The van der Waals surface area contributed by atoms with E-state index in [1.54, 1.807) is 0 Å². The molecular weight excluding hydrogens is 170 g/mol. The van der Waals surface area contributed by atoms with Gasteiger partial charge < -0.3 is 28.7 Å². The summed E-state index contributed by atoms with van der Waals surface area (Å²) >= 11 is 0. The number of hydrogen-bond acceptors (Lipinski definition) is 5. The summed E-state index contributed by atoms with van der Waals surface area (Å²) < 4.78 is 19.2. The molecule has 0 radical (unpaired) electrons. The van der Waals surface area contributed by atoms with Crippen LogP contribution >= 0.6 is 15.2 Å². The lowest BCUT2D eigenvalue weighted by atomic mass is 11.9. The minimum absolute atomic E-state index is 1.71. The van der Waals surface area contributed by atoms with Gasteiger partial charge >= 0.3 is 0 Å². The van der Waals surface area contributed by atoms with Gasteiger partial charge in [-0.25, -0.2) is 0 Å². The van der Waals surface area contributed by atoms with Gasteiger partial charge in [-0.05, 0) is 0 Å². The second kappa shape index (κ2) is 2.50. The van der Waals surface area contributed by atoms with Crippen LogP contribution in [0.5, 0.6) is 0 Å². The zero-order valence-corrected chi connectivity index (χ0v) is 5.88. The molecule has 0 fully saturated rings. The molecule has 0 aromatic heterocycles. The van der Waals surface area contributed by atoms with Gasteiger partial charge in [0.1, 0.15) is 7.60 Å². The highest BCUT2D eigenvalue weighted by Gasteiger charge is 2.02. The van der Waals surface area contributed by atoms with Crippen molar-refractivity contribution < 1.29 is 28.7 Å². The van der Waals surface area contributed by atoms with Crippen LogP contribution in [-0.2, 0) is 9.13 Å². The molecule has 0 saturated carbocycles. The largest absolute Gasteiger partial charge is 0.810 e. The predicted molar refractivity (Wildman–Crippen MR) is 22.3 cm³/mol. The Bertz CT molecular complexity index is 151. The van der Waals surface area contributed by atoms with Crippen LogP contribution in [0.4, 0.5) is 0 Å². The quantitative estimate of drug-likeness (QED) is 0.456. The maximum Gasteiger partial charge on any atom is 0.137 e. The smallest absolute Gasteiger partial charge is 0.137 e. The summed E-state index contributed by atoms with van der Waals surface area (Å²) in [5.74, 6) is -1.71. The molecule has 0 saturated heterocycles. The van der Waals surface area contributed by atoms with Gasteiger partial charge in [0, 0.05) is 5.90 Å². The van der Waals surface area contributed by atoms with Crippen molar-refractivity contribution >= 4 is 15.2 Å². The molecule has 6 nitrogen and oxygen atoms in total. The molecule has 0 aliphatic carbocycles. The van der Waals surface area contributed by atoms with Crippen LogP contribution in [0, 0.1) is 0 Å². The predicted octanol–water partition coefficient (Wildman–Crippen LogP) is -2.60. The summed E-state index contributed by atoms with van der Waals surface area (Å²) in [5.41, 5.74) is 0. The van der Waals surface area contributed by atoms with Gasteiger partial charge in [-0.1, -0.05) is 7.60 Å². The summed E-state index contributed by atoms with van der Waals surface area (Å²) in [6.45, 7) is 0. The van der Waals surface area contributed by atoms with Crippen molar-refractivity contribution in [3.05, 3.63) is 0 Å². The Hall–Kier alpha value is 0.300. The zero-order valence-electron chi connectivity index (χ0n) is 4.09. The van der Waals surface area contributed by atoms with Crippen LogP contribution in [0.3, 0.4) is 0 Å². The third-order valence-corrected chi connectivity index (χ3v) is 3.17. The molecule has 0 heterocycles. The average molecular weight is 173 g/mol. The highest BCUT2D eigenvalue weighted by atomic mass is 31.2. The minimum Gasteiger partial charge on any atom is -0.810 e. The van der Waals surface area contributed by atoms with Crippen LogP contribution in [0.25, 0.3) is 0 Å². The highest BCUT2D eigenvalue weighted by molar-refractivity contribution is 7.67. The molecule has 9 heavy (non-hydrogen) atoms. The van der Waals surface area contributed by atoms with E-state index < -0.39 is 21.1 Å². The first kappa shape index (κ1) is 9.30. The topological polar surface area (TPSA) is 124 Å². The summed E-state index contributed by atoms with van der Waals surface area (Å²) in [4.78, 5) is 36.6. The van der Waals surface area contributed by atoms with E-state index in [1.807, 2.05) is 0 Å². The maximum absolute atomic E-state index is 9.66. The fourth-order valence-corrected chi connectivity index (χ4v) is 1.97. The Morgan fingerprint density at radius 2 is 1.56 bits per heavy atom. The van der Waals surface area contributed by atoms with Crippen molar-refractivity contribution in [3.63, 3.8) is 0 Å². The third kappa shape index (κ3) is 8.30. The van der Waals surface area contributed by atoms with Crippen LogP contribution in [-0.4, -0.2) is 10.8 Å². The van der Waals surface area contributed by atoms with Crippen LogP contribution in [0.15, 0.2) is 0 Å². The van der Waals surface area contributed by atoms with E-state index in [1.165, 1.54) is 0 Å². The maximum atomic E-state index is 9.66. The van der Waals surface area contributed by atoms with Gasteiger partial charge in [0.15, 0.2) is 0 Å². The molecule has 0 rings (SSSR count). The molecule has 1 unspecified atom stereocenters. The molecule has 0 aromatic rings. The normalized spacial score (nSPS) is 19.1. The van der Waals surface area contributed by atoms with Gasteiger partial charge in [0.2, 0.25) is 0 Å². The van der Waals surface area contributed by atoms with Crippen molar-refractivity contribution in [2.24, 2.45) is 0 Å². The lowest BCUT2D eigenvalue weighted by Gasteiger charge is -2.33. The Morgan fingerprint density at radius 3 is 1.56 bits per heavy atom. The summed E-state index contributed by atoms with van der Waals surface area (Å²) in [7, 11) is -10.0. The van der Waals surface area contributed by atoms with E-state index in [0.29, 0.717) is 0 Å². The second-order valence-corrected chi connectivity index (χ2v) is 5.02. The van der Waals surface area contributed by atoms with Gasteiger partial charge in [0.25, 0.3) is 0 Å². The summed E-state index contributed by atoms with van der Waals surface area (Å²) in [6, 6.07) is 0. The third-order valence-electron chi connectivity index (χ3n) is 0.352. The van der Waals surface area contributed by atoms with Gasteiger partial charge in [-0.3, -0.25) is 0 Å². The number of hydrogen-bond donors (Lipinski definition) is 1. The molecule has 0 bridgehead atoms. The number of rotatable bonds is 2. The van der Waals surface area contributed by atoms with Crippen molar-refractivity contribution in [3.8, 4) is 0 Å². The molecule has 0 aliphatic rings. The van der Waals surface area contributed by atoms with Crippen molar-refractivity contribution in [2.75, 3.05) is 5.90 Å². The Morgan fingerprint density at radius 1 is 1.22 bits per heavy atom. The van der Waals surface area contributed by atoms with E-state index in [4.69, 9.17) is 4.89 Å². The molecule has 0 aromatic carbocycles. The van der Waals surface area contributed by atoms with Gasteiger partial charge in [-0.15, -0.1) is 0 Å². The van der Waals surface area contributed by atoms with E-state index >= 15 is 0 Å². The lowest BCUT2D eigenvalue weighted by Crippen LogP contribution is -2.19. The zero-order chi connectivity index (χ0) is 7.71. The van der Waals surface area contributed by atoms with E-state index in [0.717, 1.165) is 0 Å². The monoisotopic (exact) mass is 173 g/mol. The Balaban J connectivity index is 4.07. The lowest BCUT2D eigenvalue weighted by molar-refractivity contribution is -0.312. The van der Waals surface area contributed by atoms with E-state index in [2.05, 4.69) is 0 Å². The van der Waals surface area contributed by atoms with Gasteiger partial charge in [0.05, 0.1) is 0 Å². The average Bonchev–Trinajstić information content (AvgIpc) is 1.14. The Kier molecular flexibility index (Phi) is 2.58. The first-order chi connectivity index (χ1) is 3.71. The molecule has 1 N–H and O–H groups in total. The molecule has 0 amide bonds. The van der Waals surface area contributed by atoms with Crippen LogP contribution in [0.2, 0.25) is 0 Å². The van der Waals surface area contributed by atoms with E-state index in [9.17, 15) is 23.8 Å². The minimum atomic E-state index is -5.11. The SMILES string of the molecule is O=P([O-])([O-])CP(=O)([O-])O. The molecule has 8 heteroatoms. The molecule has 1 atom stereocenters. The first-order valence-electron chi connectivity index (χ1n) is 1.75. The summed E-state index contributed by atoms with van der Waals surface area (Å²) in [6.07, 6.45) is 0. The Labute approximate surface area is 50.8 Å². The van der Waals surface area contributed by atoms with Gasteiger partial charge in [-0.2, -0.15) is 0 Å². The van der Waals surface area contributed by atoms with Crippen molar-refractivity contribution in [1.29, 1.82) is 0 Å². The van der Waals surface area contributed by atoms with Crippen molar-refractivity contribution in [2.45, 2.75) is 0 Å².